The van der Waals surface area contributed by atoms with Gasteiger partial charge in [-0.25, -0.2) is 0 Å². The second kappa shape index (κ2) is 3.75. The van der Waals surface area contributed by atoms with E-state index in [1.807, 2.05) is 12.1 Å². The number of hydrogen-bond donors (Lipinski definition) is 0. The molecule has 2 aromatic rings. The summed E-state index contributed by atoms with van der Waals surface area (Å²) in [5.41, 5.74) is 1.20. The molecule has 1 nitrogen and oxygen atoms in total. The van der Waals surface area contributed by atoms with E-state index < -0.39 is 0 Å². The highest BCUT2D eigenvalue weighted by Gasteiger charge is 2.25. The molecule has 80 valence electrons. The van der Waals surface area contributed by atoms with Gasteiger partial charge in [0.1, 0.15) is 5.78 Å². The smallest absolute Gasteiger partial charge is 0.140 e. The molecule has 0 heterocycles. The summed E-state index contributed by atoms with van der Waals surface area (Å²) in [6.07, 6.45) is 2.84. The molecule has 16 heavy (non-hydrogen) atoms. The normalized spacial score (nSPS) is 20.5. The summed E-state index contributed by atoms with van der Waals surface area (Å²) in [4.78, 5) is 11.7. The van der Waals surface area contributed by atoms with Gasteiger partial charge in [-0.3, -0.25) is 4.79 Å². The van der Waals surface area contributed by atoms with Gasteiger partial charge in [-0.15, -0.1) is 0 Å². The Hall–Kier alpha value is -1.63. The van der Waals surface area contributed by atoms with Crippen molar-refractivity contribution in [1.82, 2.24) is 0 Å². The summed E-state index contributed by atoms with van der Waals surface area (Å²) in [6.45, 7) is 0. The lowest BCUT2D eigenvalue weighted by molar-refractivity contribution is -0.118. The molecule has 1 saturated carbocycles. The van der Waals surface area contributed by atoms with Gasteiger partial charge in [0.25, 0.3) is 0 Å². The quantitative estimate of drug-likeness (QED) is 0.701. The van der Waals surface area contributed by atoms with Gasteiger partial charge in [0.2, 0.25) is 0 Å². The molecule has 0 amide bonds. The molecular formula is C15H14O. The standard InChI is InChI=1S/C15H14O/c16-15-7-3-6-14(15)13-9-8-11-4-1-2-5-12(11)10-13/h1-2,4-5,8-10,14H,3,6-7H2/t14-/m1/s1. The van der Waals surface area contributed by atoms with Crippen molar-refractivity contribution in [3.8, 4) is 0 Å². The first-order chi connectivity index (χ1) is 7.84. The highest BCUT2D eigenvalue weighted by atomic mass is 16.1. The first-order valence-corrected chi connectivity index (χ1v) is 5.86. The third-order valence-corrected chi connectivity index (χ3v) is 3.48. The van der Waals surface area contributed by atoms with Crippen LogP contribution in [0.15, 0.2) is 42.5 Å². The summed E-state index contributed by atoms with van der Waals surface area (Å²) in [6, 6.07) is 14.7. The molecule has 1 heteroatoms. The Labute approximate surface area is 95.1 Å². The van der Waals surface area contributed by atoms with E-state index in [0.29, 0.717) is 5.78 Å². The van der Waals surface area contributed by atoms with Crippen LogP contribution in [0.2, 0.25) is 0 Å². The second-order valence-corrected chi connectivity index (χ2v) is 4.52. The zero-order valence-electron chi connectivity index (χ0n) is 9.15. The molecule has 1 aliphatic carbocycles. The van der Waals surface area contributed by atoms with Gasteiger partial charge in [0, 0.05) is 12.3 Å². The SMILES string of the molecule is O=C1CCC[C@@H]1c1ccc2ccccc2c1. The molecular weight excluding hydrogens is 196 g/mol. The topological polar surface area (TPSA) is 17.1 Å². The Kier molecular flexibility index (Phi) is 2.24. The van der Waals surface area contributed by atoms with Gasteiger partial charge in [-0.1, -0.05) is 42.5 Å². The van der Waals surface area contributed by atoms with Gasteiger partial charge >= 0.3 is 0 Å². The minimum Gasteiger partial charge on any atom is -0.299 e. The molecule has 0 saturated heterocycles. The van der Waals surface area contributed by atoms with Crippen LogP contribution in [-0.2, 0) is 4.79 Å². The molecule has 0 unspecified atom stereocenters. The number of rotatable bonds is 1. The van der Waals surface area contributed by atoms with Crippen molar-refractivity contribution >= 4 is 16.6 Å². The number of ketones is 1. The molecule has 0 aliphatic heterocycles. The zero-order valence-corrected chi connectivity index (χ0v) is 9.15. The molecule has 0 radical (unpaired) electrons. The lowest BCUT2D eigenvalue weighted by atomic mass is 9.94. The maximum atomic E-state index is 11.7. The number of Topliss-reactive ketones (excluding diaryl/α,β-unsaturated/α-hetero) is 1. The molecule has 1 fully saturated rings. The van der Waals surface area contributed by atoms with E-state index >= 15 is 0 Å². The van der Waals surface area contributed by atoms with Crippen LogP contribution in [0, 0.1) is 0 Å². The van der Waals surface area contributed by atoms with E-state index in [1.165, 1.54) is 16.3 Å². The third-order valence-electron chi connectivity index (χ3n) is 3.48. The van der Waals surface area contributed by atoms with Crippen molar-refractivity contribution in [3.63, 3.8) is 0 Å². The molecule has 1 aliphatic rings. The Morgan fingerprint density at radius 3 is 2.56 bits per heavy atom. The lowest BCUT2D eigenvalue weighted by Crippen LogP contribution is -2.03. The van der Waals surface area contributed by atoms with Gasteiger partial charge < -0.3 is 0 Å². The van der Waals surface area contributed by atoms with Crippen LogP contribution in [0.5, 0.6) is 0 Å². The summed E-state index contributed by atoms with van der Waals surface area (Å²) in [5, 5.41) is 2.48. The number of carbonyl (C=O) groups excluding carboxylic acids is 1. The summed E-state index contributed by atoms with van der Waals surface area (Å²) in [5.74, 6) is 0.569. The monoisotopic (exact) mass is 210 g/mol. The van der Waals surface area contributed by atoms with Crippen LogP contribution in [0.1, 0.15) is 30.7 Å². The average Bonchev–Trinajstić information content (AvgIpc) is 2.75. The maximum absolute atomic E-state index is 11.7. The Morgan fingerprint density at radius 2 is 1.81 bits per heavy atom. The number of benzene rings is 2. The zero-order chi connectivity index (χ0) is 11.0. The lowest BCUT2D eigenvalue weighted by Gasteiger charge is -2.09. The summed E-state index contributed by atoms with van der Waals surface area (Å²) < 4.78 is 0. The number of carbonyl (C=O) groups is 1. The largest absolute Gasteiger partial charge is 0.299 e. The van der Waals surface area contributed by atoms with Crippen molar-refractivity contribution in [2.24, 2.45) is 0 Å². The van der Waals surface area contributed by atoms with Crippen molar-refractivity contribution in [1.29, 1.82) is 0 Å². The Bertz CT molecular complexity index is 542. The maximum Gasteiger partial charge on any atom is 0.140 e. The summed E-state index contributed by atoms with van der Waals surface area (Å²) in [7, 11) is 0. The molecule has 0 spiro atoms. The molecule has 2 aromatic carbocycles. The fourth-order valence-corrected chi connectivity index (χ4v) is 2.59. The minimum atomic E-state index is 0.157. The Morgan fingerprint density at radius 1 is 1.00 bits per heavy atom. The molecule has 0 aromatic heterocycles. The van der Waals surface area contributed by atoms with Crippen LogP contribution < -0.4 is 0 Å². The van der Waals surface area contributed by atoms with Gasteiger partial charge in [-0.2, -0.15) is 0 Å². The average molecular weight is 210 g/mol. The van der Waals surface area contributed by atoms with Gasteiger partial charge in [0.05, 0.1) is 0 Å². The third kappa shape index (κ3) is 1.53. The fraction of sp³-hybridized carbons (Fsp3) is 0.267. The first-order valence-electron chi connectivity index (χ1n) is 5.86. The predicted octanol–water partition coefficient (Wildman–Crippen LogP) is 3.68. The second-order valence-electron chi connectivity index (χ2n) is 4.52. The van der Waals surface area contributed by atoms with Crippen LogP contribution in [0.25, 0.3) is 10.8 Å². The predicted molar refractivity (Wildman–Crippen MR) is 65.5 cm³/mol. The van der Waals surface area contributed by atoms with E-state index in [0.717, 1.165) is 19.3 Å². The van der Waals surface area contributed by atoms with Gasteiger partial charge in [-0.05, 0) is 29.2 Å². The highest BCUT2D eigenvalue weighted by Crippen LogP contribution is 2.32. The van der Waals surface area contributed by atoms with E-state index in [2.05, 4.69) is 30.3 Å². The van der Waals surface area contributed by atoms with E-state index in [4.69, 9.17) is 0 Å². The molecule has 3 rings (SSSR count). The fourth-order valence-electron chi connectivity index (χ4n) is 2.59. The first kappa shape index (κ1) is 9.59. The van der Waals surface area contributed by atoms with Crippen LogP contribution >= 0.6 is 0 Å². The van der Waals surface area contributed by atoms with Crippen molar-refractivity contribution in [2.45, 2.75) is 25.2 Å². The number of fused-ring (bicyclic) bond motifs is 1. The van der Waals surface area contributed by atoms with Crippen molar-refractivity contribution < 1.29 is 4.79 Å². The van der Waals surface area contributed by atoms with Crippen molar-refractivity contribution in [2.75, 3.05) is 0 Å². The van der Waals surface area contributed by atoms with E-state index in [-0.39, 0.29) is 5.92 Å². The Balaban J connectivity index is 2.08. The van der Waals surface area contributed by atoms with Gasteiger partial charge in [0.15, 0.2) is 0 Å². The van der Waals surface area contributed by atoms with Crippen LogP contribution in [0.3, 0.4) is 0 Å². The summed E-state index contributed by atoms with van der Waals surface area (Å²) >= 11 is 0. The van der Waals surface area contributed by atoms with E-state index in [1.54, 1.807) is 0 Å². The molecule has 0 N–H and O–H groups in total. The van der Waals surface area contributed by atoms with E-state index in [9.17, 15) is 4.79 Å². The van der Waals surface area contributed by atoms with Crippen LogP contribution in [0.4, 0.5) is 0 Å². The highest BCUT2D eigenvalue weighted by molar-refractivity contribution is 5.90. The minimum absolute atomic E-state index is 0.157. The van der Waals surface area contributed by atoms with Crippen LogP contribution in [-0.4, -0.2) is 5.78 Å². The number of hydrogen-bond acceptors (Lipinski definition) is 1. The van der Waals surface area contributed by atoms with Crippen molar-refractivity contribution in [3.05, 3.63) is 48.0 Å². The molecule has 1 atom stereocenters. The molecule has 0 bridgehead atoms.